The molecular weight excluding hydrogens is 357 g/mol. The van der Waals surface area contributed by atoms with Gasteiger partial charge in [0.2, 0.25) is 15.9 Å². The molecule has 2 aliphatic carbocycles. The molecule has 0 radical (unpaired) electrons. The Kier molecular flexibility index (Phi) is 4.43. The van der Waals surface area contributed by atoms with Crippen LogP contribution in [0.4, 0.5) is 10.1 Å². The number of hydrogen-bond donors (Lipinski definition) is 2. The first-order valence-electron chi connectivity index (χ1n) is 9.23. The fraction of sp³-hybridized carbons (Fsp3) is 0.611. The van der Waals surface area contributed by atoms with Crippen LogP contribution in [0.25, 0.3) is 0 Å². The van der Waals surface area contributed by atoms with Crippen molar-refractivity contribution in [1.29, 1.82) is 0 Å². The maximum atomic E-state index is 13.6. The number of hydrogen-bond acceptors (Lipinski definition) is 4. The predicted octanol–water partition coefficient (Wildman–Crippen LogP) is 1.84. The van der Waals surface area contributed by atoms with Crippen LogP contribution in [0.1, 0.15) is 38.5 Å². The van der Waals surface area contributed by atoms with E-state index >= 15 is 0 Å². The quantitative estimate of drug-likeness (QED) is 0.788. The molecule has 3 aliphatic rings. The SMILES string of the molecule is O=C(NC1CC1)C1(Nc2cccc(F)c2)CCN(S(=O)(=O)C2CC2)CC1. The number of carbonyl (C=O) groups is 1. The van der Waals surface area contributed by atoms with Gasteiger partial charge in [-0.15, -0.1) is 0 Å². The Morgan fingerprint density at radius 2 is 1.85 bits per heavy atom. The average molecular weight is 381 g/mol. The van der Waals surface area contributed by atoms with E-state index in [2.05, 4.69) is 10.6 Å². The minimum absolute atomic E-state index is 0.118. The van der Waals surface area contributed by atoms with Crippen LogP contribution in [0.2, 0.25) is 0 Å². The summed E-state index contributed by atoms with van der Waals surface area (Å²) in [5.74, 6) is -0.491. The van der Waals surface area contributed by atoms with E-state index < -0.39 is 15.6 Å². The fourth-order valence-corrected chi connectivity index (χ4v) is 5.35. The summed E-state index contributed by atoms with van der Waals surface area (Å²) in [4.78, 5) is 12.9. The molecule has 26 heavy (non-hydrogen) atoms. The topological polar surface area (TPSA) is 78.5 Å². The third-order valence-electron chi connectivity index (χ3n) is 5.44. The van der Waals surface area contributed by atoms with Crippen LogP contribution >= 0.6 is 0 Å². The molecule has 8 heteroatoms. The molecule has 0 aromatic heterocycles. The zero-order valence-electron chi connectivity index (χ0n) is 14.6. The van der Waals surface area contributed by atoms with Crippen LogP contribution in [-0.4, -0.2) is 48.6 Å². The van der Waals surface area contributed by atoms with E-state index in [4.69, 9.17) is 0 Å². The summed E-state index contributed by atoms with van der Waals surface area (Å²) < 4.78 is 40.0. The highest BCUT2D eigenvalue weighted by Gasteiger charge is 2.48. The highest BCUT2D eigenvalue weighted by Crippen LogP contribution is 2.35. The minimum Gasteiger partial charge on any atom is -0.371 e. The maximum absolute atomic E-state index is 13.6. The van der Waals surface area contributed by atoms with Crippen molar-refractivity contribution in [3.63, 3.8) is 0 Å². The second-order valence-electron chi connectivity index (χ2n) is 7.61. The first kappa shape index (κ1) is 17.7. The van der Waals surface area contributed by atoms with Crippen molar-refractivity contribution in [3.05, 3.63) is 30.1 Å². The Hall–Kier alpha value is -1.67. The fourth-order valence-electron chi connectivity index (χ4n) is 3.50. The van der Waals surface area contributed by atoms with Gasteiger partial charge >= 0.3 is 0 Å². The number of piperidine rings is 1. The van der Waals surface area contributed by atoms with Crippen molar-refractivity contribution in [2.45, 2.75) is 55.4 Å². The molecule has 0 unspecified atom stereocenters. The Balaban J connectivity index is 1.53. The number of amides is 1. The molecule has 0 spiro atoms. The number of nitrogens with zero attached hydrogens (tertiary/aromatic N) is 1. The standard InChI is InChI=1S/C18H24FN3O3S/c19-13-2-1-3-15(12-13)21-18(17(23)20-14-4-5-14)8-10-22(11-9-18)26(24,25)16-6-7-16/h1-3,12,14,16,21H,4-11H2,(H,20,23). The molecule has 1 aliphatic heterocycles. The van der Waals surface area contributed by atoms with Crippen molar-refractivity contribution in [2.24, 2.45) is 0 Å². The molecule has 0 atom stereocenters. The maximum Gasteiger partial charge on any atom is 0.245 e. The van der Waals surface area contributed by atoms with E-state index in [1.54, 1.807) is 12.1 Å². The summed E-state index contributed by atoms with van der Waals surface area (Å²) in [5.41, 5.74) is -0.374. The van der Waals surface area contributed by atoms with E-state index in [9.17, 15) is 17.6 Å². The normalized spacial score (nSPS) is 23.4. The second-order valence-corrected chi connectivity index (χ2v) is 9.82. The van der Waals surface area contributed by atoms with Crippen molar-refractivity contribution in [2.75, 3.05) is 18.4 Å². The second kappa shape index (κ2) is 6.49. The monoisotopic (exact) mass is 381 g/mol. The zero-order valence-corrected chi connectivity index (χ0v) is 15.4. The molecule has 1 heterocycles. The third kappa shape index (κ3) is 3.57. The molecule has 142 valence electrons. The largest absolute Gasteiger partial charge is 0.371 e. The van der Waals surface area contributed by atoms with Crippen molar-refractivity contribution in [1.82, 2.24) is 9.62 Å². The average Bonchev–Trinajstić information content (AvgIpc) is 3.48. The Labute approximate surface area is 153 Å². The first-order valence-corrected chi connectivity index (χ1v) is 10.7. The number of halogens is 1. The summed E-state index contributed by atoms with van der Waals surface area (Å²) >= 11 is 0. The van der Waals surface area contributed by atoms with E-state index in [-0.39, 0.29) is 23.0 Å². The van der Waals surface area contributed by atoms with E-state index in [1.165, 1.54) is 16.4 Å². The minimum atomic E-state index is -3.24. The van der Waals surface area contributed by atoms with Crippen molar-refractivity contribution >= 4 is 21.6 Å². The van der Waals surface area contributed by atoms with Gasteiger partial charge in [0.15, 0.2) is 0 Å². The van der Waals surface area contributed by atoms with E-state index in [0.29, 0.717) is 31.6 Å². The zero-order chi connectivity index (χ0) is 18.4. The van der Waals surface area contributed by atoms with Crippen molar-refractivity contribution < 1.29 is 17.6 Å². The van der Waals surface area contributed by atoms with Crippen LogP contribution < -0.4 is 10.6 Å². The highest BCUT2D eigenvalue weighted by molar-refractivity contribution is 7.90. The number of benzene rings is 1. The van der Waals surface area contributed by atoms with Gasteiger partial charge < -0.3 is 10.6 Å². The molecule has 2 N–H and O–H groups in total. The van der Waals surface area contributed by atoms with Crippen LogP contribution in [0.5, 0.6) is 0 Å². The molecule has 0 bridgehead atoms. The molecule has 1 amide bonds. The van der Waals surface area contributed by atoms with Crippen molar-refractivity contribution in [3.8, 4) is 0 Å². The van der Waals surface area contributed by atoms with Crippen LogP contribution in [0.15, 0.2) is 24.3 Å². The van der Waals surface area contributed by atoms with Gasteiger partial charge in [0.1, 0.15) is 11.4 Å². The Morgan fingerprint density at radius 3 is 2.42 bits per heavy atom. The number of nitrogens with one attached hydrogen (secondary N) is 2. The first-order chi connectivity index (χ1) is 12.4. The summed E-state index contributed by atoms with van der Waals surface area (Å²) in [6, 6.07) is 6.24. The van der Waals surface area contributed by atoms with Gasteiger partial charge in [0.05, 0.1) is 5.25 Å². The lowest BCUT2D eigenvalue weighted by atomic mass is 9.86. The Morgan fingerprint density at radius 1 is 1.15 bits per heavy atom. The summed E-state index contributed by atoms with van der Waals surface area (Å²) in [5, 5.41) is 5.99. The summed E-state index contributed by atoms with van der Waals surface area (Å²) in [7, 11) is -3.24. The molecule has 3 fully saturated rings. The van der Waals surface area contributed by atoms with Gasteiger partial charge in [-0.05, 0) is 56.7 Å². The van der Waals surface area contributed by atoms with Crippen LogP contribution in [0.3, 0.4) is 0 Å². The van der Waals surface area contributed by atoms with Gasteiger partial charge in [-0.2, -0.15) is 0 Å². The number of rotatable bonds is 6. The number of carbonyl (C=O) groups excluding carboxylic acids is 1. The molecule has 1 aromatic carbocycles. The molecule has 1 saturated heterocycles. The smallest absolute Gasteiger partial charge is 0.245 e. The lowest BCUT2D eigenvalue weighted by molar-refractivity contribution is -0.126. The highest BCUT2D eigenvalue weighted by atomic mass is 32.2. The van der Waals surface area contributed by atoms with Gasteiger partial charge in [0.25, 0.3) is 0 Å². The predicted molar refractivity (Wildman–Crippen MR) is 96.7 cm³/mol. The van der Waals surface area contributed by atoms with Gasteiger partial charge in [-0.25, -0.2) is 17.1 Å². The molecular formula is C18H24FN3O3S. The lowest BCUT2D eigenvalue weighted by Gasteiger charge is -2.41. The molecule has 2 saturated carbocycles. The molecule has 6 nitrogen and oxygen atoms in total. The Bertz CT molecular complexity index is 798. The van der Waals surface area contributed by atoms with Crippen LogP contribution in [-0.2, 0) is 14.8 Å². The van der Waals surface area contributed by atoms with E-state index in [0.717, 1.165) is 25.7 Å². The summed E-state index contributed by atoms with van der Waals surface area (Å²) in [6.07, 6.45) is 4.15. The lowest BCUT2D eigenvalue weighted by Crippen LogP contribution is -2.59. The molecule has 1 aromatic rings. The van der Waals surface area contributed by atoms with Gasteiger partial charge in [-0.3, -0.25) is 4.79 Å². The van der Waals surface area contributed by atoms with Gasteiger partial charge in [-0.1, -0.05) is 6.07 Å². The number of anilines is 1. The van der Waals surface area contributed by atoms with Crippen LogP contribution in [0, 0.1) is 5.82 Å². The third-order valence-corrected chi connectivity index (χ3v) is 7.84. The van der Waals surface area contributed by atoms with Gasteiger partial charge in [0, 0.05) is 24.8 Å². The number of sulfonamides is 1. The molecule has 4 rings (SSSR count). The van der Waals surface area contributed by atoms with E-state index in [1.807, 2.05) is 0 Å². The summed E-state index contributed by atoms with van der Waals surface area (Å²) in [6.45, 7) is 0.610.